The first-order valence-corrected chi connectivity index (χ1v) is 10.3. The van der Waals surface area contributed by atoms with Crippen molar-refractivity contribution < 1.29 is 17.6 Å². The van der Waals surface area contributed by atoms with E-state index in [1.807, 2.05) is 0 Å². The number of hydrogen-bond acceptors (Lipinski definition) is 4. The fourth-order valence-corrected chi connectivity index (χ4v) is 4.92. The third-order valence-electron chi connectivity index (χ3n) is 6.77. The number of alkyl halides is 2. The van der Waals surface area contributed by atoms with E-state index in [-0.39, 0.29) is 30.6 Å². The normalized spacial score (nSPS) is 21.3. The summed E-state index contributed by atoms with van der Waals surface area (Å²) in [4.78, 5) is 8.38. The molecule has 1 N–H and O–H groups in total. The molecule has 0 aromatic carbocycles. The van der Waals surface area contributed by atoms with Crippen LogP contribution in [0.5, 0.6) is 0 Å². The zero-order valence-electron chi connectivity index (χ0n) is 17.3. The van der Waals surface area contributed by atoms with E-state index in [1.54, 1.807) is 18.5 Å². The molecule has 1 aliphatic carbocycles. The number of pyridine rings is 2. The summed E-state index contributed by atoms with van der Waals surface area (Å²) in [5, 5.41) is 12.1. The molecular weight excluding hydrogens is 424 g/mol. The number of H-pyrrole nitrogens is 1. The van der Waals surface area contributed by atoms with Crippen LogP contribution in [0.25, 0.3) is 33.5 Å². The van der Waals surface area contributed by atoms with Crippen molar-refractivity contribution >= 4 is 11.0 Å². The number of halogens is 4. The SMILES string of the molecule is Cc1nc2n[nH]c(C)c2c(-c2c(-c3ccc(F)cn3)nn3c2CCC2(C3)CC2(F)F)c1F. The van der Waals surface area contributed by atoms with Gasteiger partial charge in [-0.1, -0.05) is 0 Å². The lowest BCUT2D eigenvalue weighted by atomic mass is 9.89. The summed E-state index contributed by atoms with van der Waals surface area (Å²) in [6.45, 7) is 3.36. The molecule has 10 heteroatoms. The topological polar surface area (TPSA) is 72.3 Å². The van der Waals surface area contributed by atoms with Crippen molar-refractivity contribution in [1.29, 1.82) is 0 Å². The van der Waals surface area contributed by atoms with Crippen molar-refractivity contribution in [3.05, 3.63) is 47.0 Å². The summed E-state index contributed by atoms with van der Waals surface area (Å²) < 4.78 is 59.0. The van der Waals surface area contributed by atoms with Crippen LogP contribution in [-0.2, 0) is 13.0 Å². The van der Waals surface area contributed by atoms with Crippen molar-refractivity contribution in [2.45, 2.75) is 45.6 Å². The Morgan fingerprint density at radius 1 is 1.12 bits per heavy atom. The number of hydrogen-bond donors (Lipinski definition) is 1. The summed E-state index contributed by atoms with van der Waals surface area (Å²) in [6, 6.07) is 2.70. The van der Waals surface area contributed by atoms with Crippen LogP contribution < -0.4 is 0 Å². The van der Waals surface area contributed by atoms with E-state index in [0.29, 0.717) is 45.8 Å². The molecule has 4 aromatic heterocycles. The highest BCUT2D eigenvalue weighted by molar-refractivity contribution is 5.99. The minimum absolute atomic E-state index is 0.0444. The predicted molar refractivity (Wildman–Crippen MR) is 108 cm³/mol. The highest BCUT2D eigenvalue weighted by atomic mass is 19.3. The zero-order chi connectivity index (χ0) is 22.4. The number of aromatic nitrogens is 6. The molecule has 4 aromatic rings. The average Bonchev–Trinajstić information content (AvgIpc) is 3.04. The monoisotopic (exact) mass is 442 g/mol. The number of fused-ring (bicyclic) bond motifs is 2. The first-order valence-electron chi connectivity index (χ1n) is 10.3. The predicted octanol–water partition coefficient (Wildman–Crippen LogP) is 4.75. The molecule has 0 saturated heterocycles. The third kappa shape index (κ3) is 2.52. The lowest BCUT2D eigenvalue weighted by Crippen LogP contribution is -2.27. The Kier molecular flexibility index (Phi) is 3.72. The molecule has 1 saturated carbocycles. The molecule has 0 bridgehead atoms. The summed E-state index contributed by atoms with van der Waals surface area (Å²) in [6.07, 6.45) is 1.49. The first-order chi connectivity index (χ1) is 15.2. The highest BCUT2D eigenvalue weighted by Crippen LogP contribution is 2.65. The van der Waals surface area contributed by atoms with Crippen LogP contribution >= 0.6 is 0 Å². The summed E-state index contributed by atoms with van der Waals surface area (Å²) in [5.74, 6) is -3.77. The first kappa shape index (κ1) is 19.4. The molecular formula is C22H18F4N6. The van der Waals surface area contributed by atoms with Gasteiger partial charge >= 0.3 is 0 Å². The Morgan fingerprint density at radius 2 is 1.91 bits per heavy atom. The molecule has 2 aliphatic rings. The van der Waals surface area contributed by atoms with E-state index in [2.05, 4.69) is 25.3 Å². The number of rotatable bonds is 2. The minimum Gasteiger partial charge on any atom is -0.280 e. The van der Waals surface area contributed by atoms with Crippen LogP contribution in [0.3, 0.4) is 0 Å². The van der Waals surface area contributed by atoms with Gasteiger partial charge in [0.1, 0.15) is 11.5 Å². The second-order valence-electron chi connectivity index (χ2n) is 8.78. The van der Waals surface area contributed by atoms with Crippen LogP contribution in [0.1, 0.15) is 29.9 Å². The molecule has 0 amide bonds. The molecule has 6 rings (SSSR count). The molecule has 1 unspecified atom stereocenters. The Morgan fingerprint density at radius 3 is 2.59 bits per heavy atom. The second kappa shape index (κ2) is 6.14. The van der Waals surface area contributed by atoms with Gasteiger partial charge in [-0.15, -0.1) is 0 Å². The quantitative estimate of drug-likeness (QED) is 0.455. The fraction of sp³-hybridized carbons (Fsp3) is 0.364. The molecule has 32 heavy (non-hydrogen) atoms. The molecule has 5 heterocycles. The van der Waals surface area contributed by atoms with Gasteiger partial charge < -0.3 is 0 Å². The Labute approximate surface area is 179 Å². The van der Waals surface area contributed by atoms with E-state index >= 15 is 4.39 Å². The lowest BCUT2D eigenvalue weighted by molar-refractivity contribution is 0.0462. The minimum atomic E-state index is -2.72. The smallest absolute Gasteiger partial charge is 0.256 e. The molecule has 1 aliphatic heterocycles. The Bertz CT molecular complexity index is 1400. The largest absolute Gasteiger partial charge is 0.280 e. The van der Waals surface area contributed by atoms with E-state index in [0.717, 1.165) is 6.20 Å². The van der Waals surface area contributed by atoms with E-state index < -0.39 is 23.0 Å². The number of aromatic amines is 1. The fourth-order valence-electron chi connectivity index (χ4n) is 4.92. The van der Waals surface area contributed by atoms with Crippen LogP contribution in [0.15, 0.2) is 18.3 Å². The van der Waals surface area contributed by atoms with Crippen molar-refractivity contribution in [2.24, 2.45) is 5.41 Å². The standard InChI is InChI=1S/C22H18F4N6/c1-10-15-17(18(24)11(2)28-20(15)30-29-10)16-14-5-6-21(8-22(21,25)26)9-32(14)31-19(16)13-4-3-12(23)7-27-13/h3-4,7H,5-6,8-9H2,1-2H3,(H,28,29,30). The van der Waals surface area contributed by atoms with E-state index in [1.165, 1.54) is 12.1 Å². The van der Waals surface area contributed by atoms with Crippen LogP contribution in [0, 0.1) is 30.9 Å². The molecule has 164 valence electrons. The van der Waals surface area contributed by atoms with Gasteiger partial charge in [-0.25, -0.2) is 22.5 Å². The van der Waals surface area contributed by atoms with Gasteiger partial charge in [0, 0.05) is 28.9 Å². The van der Waals surface area contributed by atoms with Crippen molar-refractivity contribution in [2.75, 3.05) is 0 Å². The van der Waals surface area contributed by atoms with Crippen LogP contribution in [-0.4, -0.2) is 35.9 Å². The molecule has 1 spiro atoms. The van der Waals surface area contributed by atoms with Gasteiger partial charge in [0.05, 0.1) is 34.9 Å². The number of nitrogens with zero attached hydrogens (tertiary/aromatic N) is 5. The summed E-state index contributed by atoms with van der Waals surface area (Å²) in [7, 11) is 0. The van der Waals surface area contributed by atoms with Gasteiger partial charge in [0.25, 0.3) is 5.92 Å². The maximum absolute atomic E-state index is 15.6. The highest BCUT2D eigenvalue weighted by Gasteiger charge is 2.71. The molecule has 1 fully saturated rings. The van der Waals surface area contributed by atoms with Crippen LogP contribution in [0.2, 0.25) is 0 Å². The van der Waals surface area contributed by atoms with Crippen LogP contribution in [0.4, 0.5) is 17.6 Å². The number of aryl methyl sites for hydroxylation is 2. The van der Waals surface area contributed by atoms with E-state index in [4.69, 9.17) is 0 Å². The maximum Gasteiger partial charge on any atom is 0.256 e. The molecule has 6 nitrogen and oxygen atoms in total. The lowest BCUT2D eigenvalue weighted by Gasteiger charge is -2.24. The van der Waals surface area contributed by atoms with Gasteiger partial charge in [0.2, 0.25) is 0 Å². The van der Waals surface area contributed by atoms with Crippen molar-refractivity contribution in [1.82, 2.24) is 29.9 Å². The van der Waals surface area contributed by atoms with Crippen molar-refractivity contribution in [3.8, 4) is 22.5 Å². The molecule has 1 atom stereocenters. The van der Waals surface area contributed by atoms with Gasteiger partial charge in [-0.05, 0) is 38.8 Å². The van der Waals surface area contributed by atoms with E-state index in [9.17, 15) is 13.2 Å². The summed E-state index contributed by atoms with van der Waals surface area (Å²) >= 11 is 0. The number of nitrogens with one attached hydrogen (secondary N) is 1. The Hall–Kier alpha value is -3.30. The molecule has 0 radical (unpaired) electrons. The summed E-state index contributed by atoms with van der Waals surface area (Å²) in [5.41, 5.74) is 2.10. The maximum atomic E-state index is 15.6. The van der Waals surface area contributed by atoms with Gasteiger partial charge in [0.15, 0.2) is 11.5 Å². The average molecular weight is 442 g/mol. The van der Waals surface area contributed by atoms with Gasteiger partial charge in [-0.3, -0.25) is 14.8 Å². The Balaban J connectivity index is 1.66. The zero-order valence-corrected chi connectivity index (χ0v) is 17.3. The van der Waals surface area contributed by atoms with Crippen molar-refractivity contribution in [3.63, 3.8) is 0 Å². The third-order valence-corrected chi connectivity index (χ3v) is 6.77. The van der Waals surface area contributed by atoms with Gasteiger partial charge in [-0.2, -0.15) is 10.2 Å². The second-order valence-corrected chi connectivity index (χ2v) is 8.78.